The number of thiophene rings is 8. The van der Waals surface area contributed by atoms with Crippen molar-refractivity contribution >= 4 is 208 Å². The van der Waals surface area contributed by atoms with E-state index in [9.17, 15) is 0 Å². The Labute approximate surface area is 470 Å². The first-order chi connectivity index (χ1) is 30.1. The molecule has 0 amide bonds. The van der Waals surface area contributed by atoms with E-state index >= 15 is 0 Å². The quantitative estimate of drug-likeness (QED) is 0.0405. The fourth-order valence-corrected chi connectivity index (χ4v) is 19.4. The van der Waals surface area contributed by atoms with Crippen LogP contribution in [-0.4, -0.2) is 23.1 Å². The van der Waals surface area contributed by atoms with Gasteiger partial charge < -0.3 is 31.3 Å². The Kier molecular flexibility index (Phi) is 26.6. The van der Waals surface area contributed by atoms with Gasteiger partial charge in [0.2, 0.25) is 0 Å². The van der Waals surface area contributed by atoms with Gasteiger partial charge in [-0.3, -0.25) is 0 Å². The first-order valence-corrected chi connectivity index (χ1v) is 30.5. The standard InChI is InChI=1S/C26H30S4.C14H5BrS4.C12H25.CH3.BrH.Mg.Pd/c1-2-3-4-5-6-7-8-9-10-11-12-18-17-22-24(28-18)20-14-13-19-23-21(15-16-27-23)29-25(19)26(20)30-22;15-10-5-9-12(19-10)7-2-1-6-11-8(3-4-16-11)17-13(6)14(7)18-9;1-3-5-7-9-11-12-10-8-6-4-2;;;;/h13-17H,2-12H2,1H3;1-5H;1,3-12H2,2H3;1H3;1H;;/q;;2*-1;;+2;/p-1. The molecule has 10 aromatic rings. The molecule has 0 aliphatic rings. The molecule has 0 saturated heterocycles. The van der Waals surface area contributed by atoms with Crippen LogP contribution < -0.4 is 17.0 Å². The molecular formula is C53H63Br2MgPdS8-. The molecule has 0 bridgehead atoms. The summed E-state index contributed by atoms with van der Waals surface area (Å²) < 4.78 is 18.8. The molecule has 0 aliphatic carbocycles. The van der Waals surface area contributed by atoms with Crippen molar-refractivity contribution < 1.29 is 37.4 Å². The number of unbranched alkanes of at least 4 members (excludes halogenated alkanes) is 18. The summed E-state index contributed by atoms with van der Waals surface area (Å²) in [4.78, 5) is 1.59. The van der Waals surface area contributed by atoms with Crippen LogP contribution in [-0.2, 0) is 26.8 Å². The maximum absolute atomic E-state index is 3.84. The fraction of sp³-hybridized carbons (Fsp3) is 0.434. The van der Waals surface area contributed by atoms with Gasteiger partial charge in [-0.25, -0.2) is 0 Å². The Balaban J connectivity index is 0.000000228. The van der Waals surface area contributed by atoms with Crippen molar-refractivity contribution in [2.24, 2.45) is 0 Å². The van der Waals surface area contributed by atoms with Crippen LogP contribution in [0, 0.1) is 14.4 Å². The Morgan fingerprint density at radius 3 is 1.25 bits per heavy atom. The van der Waals surface area contributed by atoms with Gasteiger partial charge in [0.1, 0.15) is 0 Å². The minimum Gasteiger partial charge on any atom is -1.00 e. The number of aryl methyl sites for hydroxylation is 1. The van der Waals surface area contributed by atoms with Crippen LogP contribution in [0.25, 0.3) is 77.9 Å². The molecule has 0 aliphatic heterocycles. The molecule has 0 saturated carbocycles. The summed E-state index contributed by atoms with van der Waals surface area (Å²) >= 11 is 19.1. The molecule has 2 aromatic carbocycles. The molecule has 0 fully saturated rings. The van der Waals surface area contributed by atoms with E-state index in [1.165, 1.54) is 210 Å². The fourth-order valence-electron chi connectivity index (χ4n) is 8.53. The number of fused-ring (bicyclic) bond motifs is 14. The van der Waals surface area contributed by atoms with Crippen LogP contribution in [0.1, 0.15) is 147 Å². The molecule has 350 valence electrons. The van der Waals surface area contributed by atoms with Gasteiger partial charge in [0.05, 0.1) is 41.4 Å². The summed E-state index contributed by atoms with van der Waals surface area (Å²) in [5.41, 5.74) is 0. The molecule has 10 rings (SSSR count). The maximum atomic E-state index is 3.84. The van der Waals surface area contributed by atoms with Crippen molar-refractivity contribution in [1.29, 1.82) is 0 Å². The monoisotopic (exact) mass is 1240 g/mol. The van der Waals surface area contributed by atoms with Crippen LogP contribution >= 0.6 is 107 Å². The molecule has 0 atom stereocenters. The topological polar surface area (TPSA) is 0 Å². The van der Waals surface area contributed by atoms with Crippen LogP contribution in [0.5, 0.6) is 0 Å². The Morgan fingerprint density at radius 1 is 0.431 bits per heavy atom. The first-order valence-electron chi connectivity index (χ1n) is 23.0. The minimum atomic E-state index is 0. The smallest absolute Gasteiger partial charge is 1.00 e. The van der Waals surface area contributed by atoms with E-state index in [4.69, 9.17) is 0 Å². The summed E-state index contributed by atoms with van der Waals surface area (Å²) in [6, 6.07) is 18.6. The van der Waals surface area contributed by atoms with E-state index in [-0.39, 0.29) is 67.9 Å². The zero-order chi connectivity index (χ0) is 42.0. The number of hydrogen-bond donors (Lipinski definition) is 0. The van der Waals surface area contributed by atoms with Crippen LogP contribution in [0.15, 0.2) is 63.1 Å². The van der Waals surface area contributed by atoms with Gasteiger partial charge >= 0.3 is 23.1 Å². The molecule has 0 unspecified atom stereocenters. The second kappa shape index (κ2) is 29.8. The third-order valence-corrected chi connectivity index (χ3v) is 22.1. The Morgan fingerprint density at radius 2 is 0.800 bits per heavy atom. The normalized spacial score (nSPS) is 11.3. The van der Waals surface area contributed by atoms with Crippen molar-refractivity contribution in [3.8, 4) is 0 Å². The van der Waals surface area contributed by atoms with Crippen LogP contribution in [0.4, 0.5) is 0 Å². The zero-order valence-electron chi connectivity index (χ0n) is 38.4. The second-order valence-electron chi connectivity index (χ2n) is 16.5. The average molecular weight is 1250 g/mol. The molecule has 0 nitrogen and oxygen atoms in total. The number of halogens is 2. The average Bonchev–Trinajstić information content (AvgIpc) is 4.12. The number of hydrogen-bond acceptors (Lipinski definition) is 8. The Bertz CT molecular complexity index is 2890. The van der Waals surface area contributed by atoms with Gasteiger partial charge in [-0.1, -0.05) is 154 Å². The van der Waals surface area contributed by atoms with Gasteiger partial charge in [-0.15, -0.1) is 90.7 Å². The molecule has 0 N–H and O–H groups in total. The van der Waals surface area contributed by atoms with Gasteiger partial charge in [-0.05, 0) is 63.8 Å². The van der Waals surface area contributed by atoms with E-state index in [1.807, 2.05) is 90.7 Å². The predicted molar refractivity (Wildman–Crippen MR) is 309 cm³/mol. The zero-order valence-corrected chi connectivity index (χ0v) is 51.0. The van der Waals surface area contributed by atoms with Gasteiger partial charge in [-0.2, -0.15) is 6.42 Å². The molecule has 0 radical (unpaired) electrons. The Hall–Kier alpha value is 0.509. The van der Waals surface area contributed by atoms with E-state index in [0.29, 0.717) is 0 Å². The summed E-state index contributed by atoms with van der Waals surface area (Å²) in [6.07, 6.45) is 29.3. The number of benzene rings is 2. The first kappa shape index (κ1) is 58.1. The predicted octanol–water partition coefficient (Wildman–Crippen LogP) is 20.1. The summed E-state index contributed by atoms with van der Waals surface area (Å²) in [6.45, 7) is 8.41. The van der Waals surface area contributed by atoms with Crippen LogP contribution in [0.2, 0.25) is 0 Å². The van der Waals surface area contributed by atoms with Crippen molar-refractivity contribution in [2.45, 2.75) is 149 Å². The SMILES string of the molecule is Brc1cc2sc3c(ccc4c5sccc5sc43)c2s1.CCCCCCCCCCCCc1cc2sc3c(ccc4c5sccc5sc43)c2s1.[Br-].[CH2-]CCCCCCCCCCC.[CH3-].[Mg+2].[Pd]. The van der Waals surface area contributed by atoms with Gasteiger partial charge in [0, 0.05) is 65.6 Å². The van der Waals surface area contributed by atoms with Crippen molar-refractivity contribution in [1.82, 2.24) is 0 Å². The molecule has 8 heterocycles. The molecule has 65 heavy (non-hydrogen) atoms. The van der Waals surface area contributed by atoms with Crippen molar-refractivity contribution in [2.75, 3.05) is 0 Å². The van der Waals surface area contributed by atoms with Gasteiger partial charge in [0.25, 0.3) is 0 Å². The van der Waals surface area contributed by atoms with E-state index in [2.05, 4.69) is 96.0 Å². The molecule has 0 spiro atoms. The van der Waals surface area contributed by atoms with E-state index < -0.39 is 0 Å². The summed E-state index contributed by atoms with van der Waals surface area (Å²) in [7, 11) is 0. The third kappa shape index (κ3) is 14.6. The maximum Gasteiger partial charge on any atom is 2.00 e. The van der Waals surface area contributed by atoms with Crippen molar-refractivity contribution in [3.05, 3.63) is 82.3 Å². The van der Waals surface area contributed by atoms with Crippen molar-refractivity contribution in [3.63, 3.8) is 0 Å². The third-order valence-electron chi connectivity index (χ3n) is 11.9. The minimum absolute atomic E-state index is 0. The molecule has 8 aromatic heterocycles. The largest absolute Gasteiger partial charge is 2.00 e. The second-order valence-corrected chi connectivity index (χ2v) is 26.1. The molecular weight excluding hydrogens is 1180 g/mol. The van der Waals surface area contributed by atoms with E-state index in [0.717, 1.165) is 6.42 Å². The van der Waals surface area contributed by atoms with E-state index in [1.54, 1.807) is 4.88 Å². The molecule has 12 heteroatoms. The number of rotatable bonds is 20. The van der Waals surface area contributed by atoms with Gasteiger partial charge in [0.15, 0.2) is 0 Å². The summed E-state index contributed by atoms with van der Waals surface area (Å²) in [5.74, 6) is 0. The van der Waals surface area contributed by atoms with Crippen LogP contribution in [0.3, 0.4) is 0 Å². The summed E-state index contributed by atoms with van der Waals surface area (Å²) in [5, 5.41) is 10.2.